The summed E-state index contributed by atoms with van der Waals surface area (Å²) in [4.78, 5) is 0. The summed E-state index contributed by atoms with van der Waals surface area (Å²) in [5, 5.41) is 9.52. The van der Waals surface area contributed by atoms with E-state index in [9.17, 15) is 18.3 Å². The molecule has 0 aliphatic rings. The van der Waals surface area contributed by atoms with Crippen molar-refractivity contribution < 1.29 is 23.0 Å². The van der Waals surface area contributed by atoms with Crippen molar-refractivity contribution in [1.82, 2.24) is 0 Å². The van der Waals surface area contributed by atoms with Gasteiger partial charge in [0.15, 0.2) is 11.6 Å². The summed E-state index contributed by atoms with van der Waals surface area (Å²) in [5.41, 5.74) is 0.156. The number of hydrogen-bond acceptors (Lipinski definition) is 2. The van der Waals surface area contributed by atoms with Gasteiger partial charge < -0.3 is 9.84 Å². The van der Waals surface area contributed by atoms with E-state index in [1.807, 2.05) is 0 Å². The molecule has 0 fully saturated rings. The number of halogens is 3. The first-order valence-electron chi connectivity index (χ1n) is 5.58. The molecule has 0 amide bonds. The van der Waals surface area contributed by atoms with Gasteiger partial charge >= 0.3 is 0 Å². The van der Waals surface area contributed by atoms with Gasteiger partial charge in [-0.1, -0.05) is 0 Å². The molecule has 0 aromatic heterocycles. The van der Waals surface area contributed by atoms with Gasteiger partial charge in [-0.3, -0.25) is 0 Å². The van der Waals surface area contributed by atoms with E-state index in [1.165, 1.54) is 13.0 Å². The third-order valence-electron chi connectivity index (χ3n) is 2.54. The topological polar surface area (TPSA) is 29.5 Å². The molecule has 2 aromatic rings. The Morgan fingerprint density at radius 1 is 0.947 bits per heavy atom. The number of benzene rings is 2. The fourth-order valence-corrected chi connectivity index (χ4v) is 1.61. The molecule has 0 spiro atoms. The molecule has 1 N–H and O–H groups in total. The van der Waals surface area contributed by atoms with Crippen LogP contribution in [0, 0.1) is 17.5 Å². The van der Waals surface area contributed by atoms with Gasteiger partial charge in [-0.25, -0.2) is 13.2 Å². The van der Waals surface area contributed by atoms with Crippen LogP contribution in [-0.2, 0) is 0 Å². The summed E-state index contributed by atoms with van der Waals surface area (Å²) in [5.74, 6) is -2.21. The zero-order valence-corrected chi connectivity index (χ0v) is 10.0. The third-order valence-corrected chi connectivity index (χ3v) is 2.54. The van der Waals surface area contributed by atoms with Crippen molar-refractivity contribution in [3.05, 3.63) is 59.4 Å². The maximum atomic E-state index is 13.4. The highest BCUT2D eigenvalue weighted by molar-refractivity contribution is 5.39. The van der Waals surface area contributed by atoms with Crippen LogP contribution in [0.2, 0.25) is 0 Å². The van der Waals surface area contributed by atoms with Crippen molar-refractivity contribution in [3.8, 4) is 11.5 Å². The Morgan fingerprint density at radius 3 is 2.26 bits per heavy atom. The number of ether oxygens (including phenoxy) is 1. The Bertz CT molecular complexity index is 597. The van der Waals surface area contributed by atoms with Gasteiger partial charge in [-0.05, 0) is 37.3 Å². The Labute approximate surface area is 108 Å². The molecule has 100 valence electrons. The molecular formula is C14H11F3O2. The summed E-state index contributed by atoms with van der Waals surface area (Å²) < 4.78 is 44.7. The molecule has 2 aromatic carbocycles. The Kier molecular flexibility index (Phi) is 3.76. The molecule has 2 nitrogen and oxygen atoms in total. The van der Waals surface area contributed by atoms with Crippen LogP contribution in [0.5, 0.6) is 11.5 Å². The molecule has 19 heavy (non-hydrogen) atoms. The van der Waals surface area contributed by atoms with Gasteiger partial charge in [0.05, 0.1) is 6.10 Å². The van der Waals surface area contributed by atoms with Crippen LogP contribution >= 0.6 is 0 Å². The summed E-state index contributed by atoms with van der Waals surface area (Å²) >= 11 is 0. The average Bonchev–Trinajstić information content (AvgIpc) is 2.35. The molecule has 5 heteroatoms. The molecule has 2 rings (SSSR count). The van der Waals surface area contributed by atoms with Gasteiger partial charge in [0.25, 0.3) is 0 Å². The molecule has 0 aliphatic heterocycles. The number of hydrogen-bond donors (Lipinski definition) is 1. The van der Waals surface area contributed by atoms with E-state index in [-0.39, 0.29) is 17.1 Å². The number of aliphatic hydroxyl groups excluding tert-OH is 1. The standard InChI is InChI=1S/C14H11F3O2/c1-8(18)11-6-9(15)3-5-13(11)19-14-7-10(16)2-4-12(14)17/h2-8,18H,1H3/t8-/m1/s1. The van der Waals surface area contributed by atoms with E-state index in [1.54, 1.807) is 0 Å². The maximum absolute atomic E-state index is 13.4. The molecule has 0 aliphatic carbocycles. The summed E-state index contributed by atoms with van der Waals surface area (Å²) in [7, 11) is 0. The van der Waals surface area contributed by atoms with E-state index < -0.39 is 23.6 Å². The van der Waals surface area contributed by atoms with E-state index in [0.717, 1.165) is 30.3 Å². The Hall–Kier alpha value is -2.01. The normalized spacial score (nSPS) is 12.3. The molecule has 0 radical (unpaired) electrons. The van der Waals surface area contributed by atoms with Gasteiger partial charge in [0.1, 0.15) is 17.4 Å². The maximum Gasteiger partial charge on any atom is 0.165 e. The van der Waals surface area contributed by atoms with Crippen molar-refractivity contribution in [2.45, 2.75) is 13.0 Å². The average molecular weight is 268 g/mol. The van der Waals surface area contributed by atoms with Crippen LogP contribution in [0.15, 0.2) is 36.4 Å². The fraction of sp³-hybridized carbons (Fsp3) is 0.143. The fourth-order valence-electron chi connectivity index (χ4n) is 1.61. The van der Waals surface area contributed by atoms with Crippen molar-refractivity contribution in [2.75, 3.05) is 0 Å². The van der Waals surface area contributed by atoms with Gasteiger partial charge in [-0.2, -0.15) is 0 Å². The van der Waals surface area contributed by atoms with E-state index in [0.29, 0.717) is 0 Å². The molecule has 0 saturated heterocycles. The van der Waals surface area contributed by atoms with Crippen LogP contribution in [0.4, 0.5) is 13.2 Å². The lowest BCUT2D eigenvalue weighted by Crippen LogP contribution is -1.98. The first-order chi connectivity index (χ1) is 8.97. The zero-order chi connectivity index (χ0) is 14.0. The smallest absolute Gasteiger partial charge is 0.165 e. The molecule has 0 bridgehead atoms. The highest BCUT2D eigenvalue weighted by Crippen LogP contribution is 2.31. The Morgan fingerprint density at radius 2 is 1.58 bits per heavy atom. The van der Waals surface area contributed by atoms with Gasteiger partial charge in [0.2, 0.25) is 0 Å². The van der Waals surface area contributed by atoms with Crippen molar-refractivity contribution in [3.63, 3.8) is 0 Å². The summed E-state index contributed by atoms with van der Waals surface area (Å²) in [6.07, 6.45) is -0.998. The highest BCUT2D eigenvalue weighted by atomic mass is 19.1. The number of rotatable bonds is 3. The van der Waals surface area contributed by atoms with Crippen LogP contribution in [-0.4, -0.2) is 5.11 Å². The van der Waals surface area contributed by atoms with Crippen LogP contribution < -0.4 is 4.74 Å². The van der Waals surface area contributed by atoms with Crippen LogP contribution in [0.3, 0.4) is 0 Å². The first-order valence-corrected chi connectivity index (χ1v) is 5.58. The minimum absolute atomic E-state index is 0.0703. The Balaban J connectivity index is 2.40. The van der Waals surface area contributed by atoms with E-state index in [4.69, 9.17) is 4.74 Å². The zero-order valence-electron chi connectivity index (χ0n) is 10.0. The quantitative estimate of drug-likeness (QED) is 0.913. The molecular weight excluding hydrogens is 257 g/mol. The lowest BCUT2D eigenvalue weighted by molar-refractivity contribution is 0.195. The molecule has 0 heterocycles. The second kappa shape index (κ2) is 5.32. The molecule has 1 atom stereocenters. The third kappa shape index (κ3) is 3.06. The minimum atomic E-state index is -0.998. The van der Waals surface area contributed by atoms with Crippen molar-refractivity contribution >= 4 is 0 Å². The summed E-state index contributed by atoms with van der Waals surface area (Å²) in [6, 6.07) is 6.21. The van der Waals surface area contributed by atoms with Crippen LogP contribution in [0.25, 0.3) is 0 Å². The SMILES string of the molecule is C[C@@H](O)c1cc(F)ccc1Oc1cc(F)ccc1F. The highest BCUT2D eigenvalue weighted by Gasteiger charge is 2.13. The second-order valence-electron chi connectivity index (χ2n) is 4.03. The monoisotopic (exact) mass is 268 g/mol. The lowest BCUT2D eigenvalue weighted by atomic mass is 10.1. The van der Waals surface area contributed by atoms with Crippen molar-refractivity contribution in [2.24, 2.45) is 0 Å². The largest absolute Gasteiger partial charge is 0.454 e. The summed E-state index contributed by atoms with van der Waals surface area (Å²) in [6.45, 7) is 1.42. The van der Waals surface area contributed by atoms with E-state index in [2.05, 4.69) is 0 Å². The lowest BCUT2D eigenvalue weighted by Gasteiger charge is -2.13. The van der Waals surface area contributed by atoms with Crippen LogP contribution in [0.1, 0.15) is 18.6 Å². The van der Waals surface area contributed by atoms with E-state index >= 15 is 0 Å². The van der Waals surface area contributed by atoms with Gasteiger partial charge in [0, 0.05) is 11.6 Å². The molecule has 0 unspecified atom stereocenters. The predicted octanol–water partition coefficient (Wildman–Crippen LogP) is 3.95. The predicted molar refractivity (Wildman–Crippen MR) is 63.5 cm³/mol. The minimum Gasteiger partial charge on any atom is -0.454 e. The van der Waals surface area contributed by atoms with Crippen molar-refractivity contribution in [1.29, 1.82) is 0 Å². The second-order valence-corrected chi connectivity index (χ2v) is 4.03. The first kappa shape index (κ1) is 13.4. The number of aliphatic hydroxyl groups is 1. The van der Waals surface area contributed by atoms with Gasteiger partial charge in [-0.15, -0.1) is 0 Å². The molecule has 0 saturated carbocycles.